The van der Waals surface area contributed by atoms with E-state index in [1.54, 1.807) is 0 Å². The average Bonchev–Trinajstić information content (AvgIpc) is 2.83. The number of thioether (sulfide) groups is 1. The molecule has 4 heteroatoms. The fourth-order valence-electron chi connectivity index (χ4n) is 4.87. The molecule has 2 aliphatic heterocycles. The molecule has 19 heavy (non-hydrogen) atoms. The van der Waals surface area contributed by atoms with Crippen molar-refractivity contribution in [3.8, 4) is 0 Å². The lowest BCUT2D eigenvalue weighted by molar-refractivity contribution is -0.162. The second kappa shape index (κ2) is 4.14. The summed E-state index contributed by atoms with van der Waals surface area (Å²) in [6.45, 7) is 0.773. The summed E-state index contributed by atoms with van der Waals surface area (Å²) < 4.78 is 6.07. The lowest BCUT2D eigenvalue weighted by Gasteiger charge is -2.44. The van der Waals surface area contributed by atoms with Gasteiger partial charge in [-0.2, -0.15) is 11.8 Å². The van der Waals surface area contributed by atoms with Gasteiger partial charge in [-0.25, -0.2) is 0 Å². The van der Waals surface area contributed by atoms with E-state index in [9.17, 15) is 9.90 Å². The molecule has 0 aromatic carbocycles. The molecule has 106 valence electrons. The Morgan fingerprint density at radius 1 is 1.26 bits per heavy atom. The molecule has 4 fully saturated rings. The Balaban J connectivity index is 1.58. The molecule has 1 spiro atoms. The Bertz CT molecular complexity index is 392. The van der Waals surface area contributed by atoms with Gasteiger partial charge in [-0.3, -0.25) is 4.79 Å². The van der Waals surface area contributed by atoms with Gasteiger partial charge in [0, 0.05) is 12.4 Å². The first kappa shape index (κ1) is 12.5. The highest BCUT2D eigenvalue weighted by molar-refractivity contribution is 7.99. The van der Waals surface area contributed by atoms with Gasteiger partial charge in [0.1, 0.15) is 0 Å². The molecule has 0 aromatic heterocycles. The number of aliphatic carboxylic acids is 1. The first-order valence-electron chi connectivity index (χ1n) is 7.59. The Kier molecular flexibility index (Phi) is 2.73. The van der Waals surface area contributed by atoms with E-state index >= 15 is 0 Å². The fraction of sp³-hybridized carbons (Fsp3) is 0.933. The summed E-state index contributed by atoms with van der Waals surface area (Å²) in [5.41, 5.74) is -0.388. The van der Waals surface area contributed by atoms with E-state index in [-0.39, 0.29) is 5.60 Å². The first-order chi connectivity index (χ1) is 9.14. The van der Waals surface area contributed by atoms with Crippen LogP contribution in [-0.4, -0.2) is 34.8 Å². The van der Waals surface area contributed by atoms with E-state index in [0.29, 0.717) is 5.92 Å². The maximum Gasteiger partial charge on any atom is 0.309 e. The van der Waals surface area contributed by atoms with E-state index in [2.05, 4.69) is 0 Å². The lowest BCUT2D eigenvalue weighted by Crippen LogP contribution is -2.48. The second-order valence-corrected chi connectivity index (χ2v) is 8.25. The summed E-state index contributed by atoms with van der Waals surface area (Å²) in [7, 11) is 0. The maximum atomic E-state index is 11.9. The van der Waals surface area contributed by atoms with Crippen LogP contribution in [0.3, 0.4) is 0 Å². The third-order valence-electron chi connectivity index (χ3n) is 6.09. The van der Waals surface area contributed by atoms with Crippen molar-refractivity contribution >= 4 is 17.7 Å². The molecule has 2 heterocycles. The Morgan fingerprint density at radius 2 is 2.05 bits per heavy atom. The van der Waals surface area contributed by atoms with Crippen LogP contribution >= 0.6 is 11.8 Å². The summed E-state index contributed by atoms with van der Waals surface area (Å²) >= 11 is 1.97. The minimum atomic E-state index is -0.521. The molecule has 2 aliphatic carbocycles. The van der Waals surface area contributed by atoms with Crippen LogP contribution in [0.5, 0.6) is 0 Å². The largest absolute Gasteiger partial charge is 0.481 e. The standard InChI is InChI=1S/C15H22O3S/c16-13(17)15(6-10-5-11(10)7-15)12-1-3-18-14(8-12)2-4-19-9-14/h10-12H,1-9H2,(H,16,17). The minimum absolute atomic E-state index is 0.0167. The minimum Gasteiger partial charge on any atom is -0.481 e. The summed E-state index contributed by atoms with van der Waals surface area (Å²) in [6.07, 6.45) is 6.25. The second-order valence-electron chi connectivity index (χ2n) is 7.15. The first-order valence-corrected chi connectivity index (χ1v) is 8.74. The summed E-state index contributed by atoms with van der Waals surface area (Å²) in [5.74, 6) is 3.54. The van der Waals surface area contributed by atoms with Crippen LogP contribution < -0.4 is 0 Å². The quantitative estimate of drug-likeness (QED) is 0.846. The number of carboxylic acids is 1. The molecule has 4 aliphatic rings. The fourth-order valence-corrected chi connectivity index (χ4v) is 6.25. The van der Waals surface area contributed by atoms with Crippen molar-refractivity contribution < 1.29 is 14.6 Å². The number of carboxylic acid groups (broad SMARTS) is 1. The van der Waals surface area contributed by atoms with Gasteiger partial charge < -0.3 is 9.84 Å². The van der Waals surface area contributed by atoms with Crippen molar-refractivity contribution in [2.75, 3.05) is 18.1 Å². The van der Waals surface area contributed by atoms with Crippen molar-refractivity contribution in [2.45, 2.75) is 44.1 Å². The molecule has 2 saturated heterocycles. The number of ether oxygens (including phenoxy) is 1. The van der Waals surface area contributed by atoms with Crippen LogP contribution in [0, 0.1) is 23.2 Å². The predicted molar refractivity (Wildman–Crippen MR) is 74.2 cm³/mol. The van der Waals surface area contributed by atoms with E-state index in [1.807, 2.05) is 11.8 Å². The average molecular weight is 282 g/mol. The topological polar surface area (TPSA) is 46.5 Å². The highest BCUT2D eigenvalue weighted by atomic mass is 32.2. The van der Waals surface area contributed by atoms with Gasteiger partial charge in [0.15, 0.2) is 0 Å². The predicted octanol–water partition coefficient (Wildman–Crippen LogP) is 2.79. The molecule has 0 radical (unpaired) electrons. The normalized spacial score (nSPS) is 52.3. The van der Waals surface area contributed by atoms with Crippen molar-refractivity contribution in [2.24, 2.45) is 23.2 Å². The van der Waals surface area contributed by atoms with Crippen molar-refractivity contribution in [1.82, 2.24) is 0 Å². The zero-order valence-electron chi connectivity index (χ0n) is 11.3. The number of carbonyl (C=O) groups is 1. The van der Waals surface area contributed by atoms with Gasteiger partial charge in [-0.05, 0) is 62.0 Å². The van der Waals surface area contributed by atoms with Crippen LogP contribution in [0.2, 0.25) is 0 Å². The van der Waals surface area contributed by atoms with Gasteiger partial charge in [-0.15, -0.1) is 0 Å². The van der Waals surface area contributed by atoms with Gasteiger partial charge in [0.25, 0.3) is 0 Å². The highest BCUT2D eigenvalue weighted by Gasteiger charge is 2.62. The zero-order chi connectivity index (χ0) is 13.1. The third kappa shape index (κ3) is 1.86. The molecule has 0 bridgehead atoms. The number of fused-ring (bicyclic) bond motifs is 1. The number of hydrogen-bond acceptors (Lipinski definition) is 3. The molecule has 1 N–H and O–H groups in total. The van der Waals surface area contributed by atoms with Crippen LogP contribution in [0.1, 0.15) is 38.5 Å². The Labute approximate surface area is 118 Å². The van der Waals surface area contributed by atoms with Crippen molar-refractivity contribution in [3.63, 3.8) is 0 Å². The molecule has 0 aromatic rings. The van der Waals surface area contributed by atoms with E-state index in [4.69, 9.17) is 4.74 Å². The number of rotatable bonds is 2. The summed E-state index contributed by atoms with van der Waals surface area (Å²) in [4.78, 5) is 11.9. The molecule has 3 nitrogen and oxygen atoms in total. The summed E-state index contributed by atoms with van der Waals surface area (Å²) in [5, 5.41) is 9.84. The molecule has 4 rings (SSSR count). The van der Waals surface area contributed by atoms with Crippen LogP contribution in [0.4, 0.5) is 0 Å². The lowest BCUT2D eigenvalue weighted by atomic mass is 9.65. The molecule has 4 unspecified atom stereocenters. The van der Waals surface area contributed by atoms with E-state index < -0.39 is 11.4 Å². The zero-order valence-corrected chi connectivity index (χ0v) is 12.1. The molecule has 0 amide bonds. The molecule has 2 saturated carbocycles. The number of hydrogen-bond donors (Lipinski definition) is 1. The highest BCUT2D eigenvalue weighted by Crippen LogP contribution is 2.64. The van der Waals surface area contributed by atoms with Gasteiger partial charge in [-0.1, -0.05) is 0 Å². The molecule has 4 atom stereocenters. The van der Waals surface area contributed by atoms with Crippen LogP contribution in [0.25, 0.3) is 0 Å². The van der Waals surface area contributed by atoms with Crippen molar-refractivity contribution in [1.29, 1.82) is 0 Å². The maximum absolute atomic E-state index is 11.9. The molecular weight excluding hydrogens is 260 g/mol. The monoisotopic (exact) mass is 282 g/mol. The SMILES string of the molecule is O=C(O)C1(C2CCOC3(CCSC3)C2)CC2CC2C1. The van der Waals surface area contributed by atoms with Gasteiger partial charge >= 0.3 is 5.97 Å². The van der Waals surface area contributed by atoms with Crippen LogP contribution in [0.15, 0.2) is 0 Å². The van der Waals surface area contributed by atoms with Crippen LogP contribution in [-0.2, 0) is 9.53 Å². The van der Waals surface area contributed by atoms with E-state index in [1.165, 1.54) is 12.2 Å². The van der Waals surface area contributed by atoms with E-state index in [0.717, 1.165) is 56.3 Å². The summed E-state index contributed by atoms with van der Waals surface area (Å²) in [6, 6.07) is 0. The molecular formula is C15H22O3S. The van der Waals surface area contributed by atoms with Crippen molar-refractivity contribution in [3.05, 3.63) is 0 Å². The Hall–Kier alpha value is -0.220. The smallest absolute Gasteiger partial charge is 0.309 e. The van der Waals surface area contributed by atoms with Gasteiger partial charge in [0.2, 0.25) is 0 Å². The van der Waals surface area contributed by atoms with Gasteiger partial charge in [0.05, 0.1) is 11.0 Å². The Morgan fingerprint density at radius 3 is 2.68 bits per heavy atom. The third-order valence-corrected chi connectivity index (χ3v) is 7.31.